The quantitative estimate of drug-likeness (QED) is 0.341. The average Bonchev–Trinajstić information content (AvgIpc) is 3.42. The van der Waals surface area contributed by atoms with Crippen molar-refractivity contribution < 1.29 is 38.0 Å². The lowest BCUT2D eigenvalue weighted by molar-refractivity contribution is -0.150. The van der Waals surface area contributed by atoms with E-state index in [2.05, 4.69) is 0 Å². The average molecular weight is 442 g/mol. The summed E-state index contributed by atoms with van der Waals surface area (Å²) in [6, 6.07) is 6.86. The zero-order valence-electron chi connectivity index (χ0n) is 18.4. The second-order valence-electron chi connectivity index (χ2n) is 7.69. The Labute approximate surface area is 186 Å². The fourth-order valence-electron chi connectivity index (χ4n) is 3.54. The molecule has 0 amide bonds. The number of carbonyl (C=O) groups excluding carboxylic acids is 2. The number of hydrogen-bond acceptors (Lipinski definition) is 8. The summed E-state index contributed by atoms with van der Waals surface area (Å²) < 4.78 is 32.7. The standard InChI is InChI=1S/C24H26O8/c1-4-6-15-8-19-21(29-12-27-19)10-17(15)31-23(25)14(3)24(26)32-18-11-22-20(28-13-30-22)9-16(18)7-5-2/h8-11,14H,4-7,12-13H2,1-3H3. The van der Waals surface area contributed by atoms with Gasteiger partial charge in [0.1, 0.15) is 11.5 Å². The second-order valence-corrected chi connectivity index (χ2v) is 7.69. The van der Waals surface area contributed by atoms with Crippen LogP contribution in [0.3, 0.4) is 0 Å². The Kier molecular flexibility index (Phi) is 6.39. The minimum absolute atomic E-state index is 0.122. The number of esters is 2. The summed E-state index contributed by atoms with van der Waals surface area (Å²) >= 11 is 0. The monoisotopic (exact) mass is 442 g/mol. The second kappa shape index (κ2) is 9.38. The lowest BCUT2D eigenvalue weighted by Gasteiger charge is -2.15. The third-order valence-electron chi connectivity index (χ3n) is 5.28. The molecule has 0 aliphatic carbocycles. The van der Waals surface area contributed by atoms with Crippen molar-refractivity contribution in [2.45, 2.75) is 46.5 Å². The molecule has 0 fully saturated rings. The van der Waals surface area contributed by atoms with Gasteiger partial charge in [-0.25, -0.2) is 0 Å². The molecule has 8 heteroatoms. The highest BCUT2D eigenvalue weighted by molar-refractivity contribution is 5.96. The van der Waals surface area contributed by atoms with Gasteiger partial charge in [-0.1, -0.05) is 26.7 Å². The Bertz CT molecular complexity index is 948. The Hall–Kier alpha value is -3.42. The molecular formula is C24H26O8. The summed E-state index contributed by atoms with van der Waals surface area (Å²) in [5, 5.41) is 0. The molecule has 2 heterocycles. The van der Waals surface area contributed by atoms with Gasteiger partial charge in [0.2, 0.25) is 13.6 Å². The van der Waals surface area contributed by atoms with Gasteiger partial charge in [0.05, 0.1) is 0 Å². The zero-order valence-corrected chi connectivity index (χ0v) is 18.4. The maximum atomic E-state index is 12.8. The molecule has 0 saturated heterocycles. The van der Waals surface area contributed by atoms with Crippen molar-refractivity contribution in [3.63, 3.8) is 0 Å². The Balaban J connectivity index is 1.49. The number of aryl methyl sites for hydroxylation is 2. The molecule has 0 aromatic heterocycles. The lowest BCUT2D eigenvalue weighted by atomic mass is 10.1. The van der Waals surface area contributed by atoms with Gasteiger partial charge in [-0.15, -0.1) is 0 Å². The van der Waals surface area contributed by atoms with Gasteiger partial charge < -0.3 is 28.4 Å². The number of hydrogen-bond donors (Lipinski definition) is 0. The van der Waals surface area contributed by atoms with Gasteiger partial charge in [-0.05, 0) is 43.0 Å². The molecule has 0 N–H and O–H groups in total. The van der Waals surface area contributed by atoms with Gasteiger partial charge in [-0.3, -0.25) is 9.59 Å². The number of carbonyl (C=O) groups is 2. The van der Waals surface area contributed by atoms with Gasteiger partial charge >= 0.3 is 11.9 Å². The molecule has 32 heavy (non-hydrogen) atoms. The molecule has 2 aromatic rings. The van der Waals surface area contributed by atoms with E-state index >= 15 is 0 Å². The summed E-state index contributed by atoms with van der Waals surface area (Å²) in [5.74, 6) is 0.424. The van der Waals surface area contributed by atoms with Gasteiger partial charge in [0.25, 0.3) is 0 Å². The van der Waals surface area contributed by atoms with E-state index in [9.17, 15) is 9.59 Å². The van der Waals surface area contributed by atoms with Crippen molar-refractivity contribution in [1.29, 1.82) is 0 Å². The molecule has 0 unspecified atom stereocenters. The van der Waals surface area contributed by atoms with Crippen molar-refractivity contribution in [2.75, 3.05) is 13.6 Å². The maximum Gasteiger partial charge on any atom is 0.325 e. The van der Waals surface area contributed by atoms with Crippen LogP contribution in [0.5, 0.6) is 34.5 Å². The van der Waals surface area contributed by atoms with Crippen LogP contribution < -0.4 is 28.4 Å². The number of benzene rings is 2. The molecule has 0 saturated carbocycles. The first kappa shape index (κ1) is 21.8. The van der Waals surface area contributed by atoms with Crippen LogP contribution in [0.2, 0.25) is 0 Å². The molecule has 170 valence electrons. The molecule has 0 radical (unpaired) electrons. The zero-order chi connectivity index (χ0) is 22.7. The largest absolute Gasteiger partial charge is 0.454 e. The summed E-state index contributed by atoms with van der Waals surface area (Å²) in [5.41, 5.74) is 1.62. The lowest BCUT2D eigenvalue weighted by Crippen LogP contribution is -2.29. The number of rotatable bonds is 8. The fourth-order valence-corrected chi connectivity index (χ4v) is 3.54. The summed E-state index contributed by atoms with van der Waals surface area (Å²) in [4.78, 5) is 25.5. The van der Waals surface area contributed by atoms with Crippen LogP contribution >= 0.6 is 0 Å². The van der Waals surface area contributed by atoms with Crippen molar-refractivity contribution >= 4 is 11.9 Å². The molecule has 0 bridgehead atoms. The molecule has 4 rings (SSSR count). The van der Waals surface area contributed by atoms with Crippen LogP contribution in [0.15, 0.2) is 24.3 Å². The van der Waals surface area contributed by atoms with Crippen molar-refractivity contribution in [2.24, 2.45) is 5.92 Å². The number of ether oxygens (including phenoxy) is 6. The molecular weight excluding hydrogens is 416 g/mol. The van der Waals surface area contributed by atoms with E-state index in [1.54, 1.807) is 24.3 Å². The highest BCUT2D eigenvalue weighted by Gasteiger charge is 2.29. The van der Waals surface area contributed by atoms with Crippen molar-refractivity contribution in [3.05, 3.63) is 35.4 Å². The van der Waals surface area contributed by atoms with E-state index in [4.69, 9.17) is 28.4 Å². The van der Waals surface area contributed by atoms with Crippen LogP contribution in [0, 0.1) is 5.92 Å². The summed E-state index contributed by atoms with van der Waals surface area (Å²) in [7, 11) is 0. The van der Waals surface area contributed by atoms with Crippen LogP contribution in [-0.4, -0.2) is 25.5 Å². The Morgan fingerprint density at radius 3 is 1.50 bits per heavy atom. The first-order valence-electron chi connectivity index (χ1n) is 10.8. The predicted molar refractivity (Wildman–Crippen MR) is 114 cm³/mol. The topological polar surface area (TPSA) is 89.5 Å². The molecule has 0 atom stereocenters. The van der Waals surface area contributed by atoms with Crippen molar-refractivity contribution in [3.8, 4) is 34.5 Å². The number of fused-ring (bicyclic) bond motifs is 2. The Morgan fingerprint density at radius 1 is 0.750 bits per heavy atom. The fraction of sp³-hybridized carbons (Fsp3) is 0.417. The normalized spacial score (nSPS) is 13.4. The molecule has 2 aromatic carbocycles. The predicted octanol–water partition coefficient (Wildman–Crippen LogP) is 4.20. The van der Waals surface area contributed by atoms with E-state index < -0.39 is 17.9 Å². The first-order valence-corrected chi connectivity index (χ1v) is 10.8. The minimum Gasteiger partial charge on any atom is -0.454 e. The van der Waals surface area contributed by atoms with Gasteiger partial charge in [0, 0.05) is 12.1 Å². The maximum absolute atomic E-state index is 12.8. The highest BCUT2D eigenvalue weighted by Crippen LogP contribution is 2.40. The van der Waals surface area contributed by atoms with E-state index in [0.717, 1.165) is 24.0 Å². The van der Waals surface area contributed by atoms with E-state index in [1.807, 2.05) is 13.8 Å². The van der Waals surface area contributed by atoms with E-state index in [-0.39, 0.29) is 13.6 Å². The summed E-state index contributed by atoms with van der Waals surface area (Å²) in [6.45, 7) is 5.75. The molecule has 0 spiro atoms. The van der Waals surface area contributed by atoms with Crippen LogP contribution in [0.4, 0.5) is 0 Å². The van der Waals surface area contributed by atoms with Crippen molar-refractivity contribution in [1.82, 2.24) is 0 Å². The summed E-state index contributed by atoms with van der Waals surface area (Å²) in [6.07, 6.45) is 3.09. The first-order chi connectivity index (χ1) is 15.5. The SMILES string of the molecule is CCCc1cc2c(cc1OC(=O)C(C)C(=O)Oc1cc3c(cc1CCC)OCO3)OCO2. The third kappa shape index (κ3) is 4.44. The third-order valence-corrected chi connectivity index (χ3v) is 5.28. The molecule has 2 aliphatic heterocycles. The minimum atomic E-state index is -1.13. The van der Waals surface area contributed by atoms with E-state index in [1.165, 1.54) is 6.92 Å². The highest BCUT2D eigenvalue weighted by atomic mass is 16.7. The van der Waals surface area contributed by atoms with Gasteiger partial charge in [-0.2, -0.15) is 0 Å². The molecule has 8 nitrogen and oxygen atoms in total. The smallest absolute Gasteiger partial charge is 0.325 e. The van der Waals surface area contributed by atoms with E-state index in [0.29, 0.717) is 47.3 Å². The van der Waals surface area contributed by atoms with Crippen LogP contribution in [-0.2, 0) is 22.4 Å². The van der Waals surface area contributed by atoms with Crippen LogP contribution in [0.25, 0.3) is 0 Å². The Morgan fingerprint density at radius 2 is 1.12 bits per heavy atom. The van der Waals surface area contributed by atoms with Gasteiger partial charge in [0.15, 0.2) is 28.9 Å². The van der Waals surface area contributed by atoms with Crippen LogP contribution in [0.1, 0.15) is 44.7 Å². The molecule has 2 aliphatic rings.